The third-order valence-electron chi connectivity index (χ3n) is 2.11. The van der Waals surface area contributed by atoms with Crippen molar-refractivity contribution in [3.63, 3.8) is 0 Å². The van der Waals surface area contributed by atoms with E-state index in [0.29, 0.717) is 19.1 Å². The molecule has 0 unspecified atom stereocenters. The Labute approximate surface area is 84.8 Å². The lowest BCUT2D eigenvalue weighted by molar-refractivity contribution is 0.134. The smallest absolute Gasteiger partial charge is 0.0736 e. The van der Waals surface area contributed by atoms with Gasteiger partial charge in [-0.2, -0.15) is 0 Å². The van der Waals surface area contributed by atoms with Crippen LogP contribution in [0.1, 0.15) is 16.7 Å². The molecule has 0 saturated carbocycles. The first-order valence-corrected chi connectivity index (χ1v) is 5.08. The van der Waals surface area contributed by atoms with E-state index >= 15 is 0 Å². The van der Waals surface area contributed by atoms with Gasteiger partial charge >= 0.3 is 0 Å². The maximum atomic E-state index is 5.79. The van der Waals surface area contributed by atoms with Gasteiger partial charge in [0, 0.05) is 10.4 Å². The van der Waals surface area contributed by atoms with Crippen molar-refractivity contribution in [2.24, 2.45) is 0 Å². The first kappa shape index (κ1) is 8.54. The Bertz CT molecular complexity index is 312. The van der Waals surface area contributed by atoms with Crippen LogP contribution in [0.2, 0.25) is 0 Å². The molecule has 1 aromatic rings. The van der Waals surface area contributed by atoms with Crippen LogP contribution in [0.3, 0.4) is 0 Å². The topological polar surface area (TPSA) is 9.23 Å². The number of alkyl halides is 1. The molecule has 12 heavy (non-hydrogen) atoms. The molecular formula is C9H8BrClO. The van der Waals surface area contributed by atoms with Crippen LogP contribution in [0, 0.1) is 0 Å². The molecule has 2 rings (SSSR count). The fourth-order valence-corrected chi connectivity index (χ4v) is 2.17. The molecule has 1 aromatic carbocycles. The molecule has 64 valence electrons. The molecule has 0 fully saturated rings. The van der Waals surface area contributed by atoms with Gasteiger partial charge in [0.1, 0.15) is 0 Å². The SMILES string of the molecule is ClCc1ccc(Br)c2c1COC2. The Kier molecular flexibility index (Phi) is 2.40. The van der Waals surface area contributed by atoms with Gasteiger partial charge in [0.15, 0.2) is 0 Å². The van der Waals surface area contributed by atoms with E-state index in [0.717, 1.165) is 4.47 Å². The second-order valence-corrected chi connectivity index (χ2v) is 3.91. The number of ether oxygens (including phenoxy) is 1. The van der Waals surface area contributed by atoms with Crippen molar-refractivity contribution < 1.29 is 4.74 Å². The molecule has 0 bridgehead atoms. The summed E-state index contributed by atoms with van der Waals surface area (Å²) in [5.41, 5.74) is 3.71. The third-order valence-corrected chi connectivity index (χ3v) is 3.14. The van der Waals surface area contributed by atoms with Crippen LogP contribution in [0.5, 0.6) is 0 Å². The maximum absolute atomic E-state index is 5.79. The summed E-state index contributed by atoms with van der Waals surface area (Å²) >= 11 is 9.28. The fourth-order valence-electron chi connectivity index (χ4n) is 1.43. The molecule has 0 saturated heterocycles. The summed E-state index contributed by atoms with van der Waals surface area (Å²) < 4.78 is 6.48. The summed E-state index contributed by atoms with van der Waals surface area (Å²) in [6.07, 6.45) is 0. The minimum absolute atomic E-state index is 0.568. The van der Waals surface area contributed by atoms with Gasteiger partial charge in [0.25, 0.3) is 0 Å². The molecule has 1 aliphatic rings. The first-order chi connectivity index (χ1) is 5.83. The van der Waals surface area contributed by atoms with E-state index in [9.17, 15) is 0 Å². The Morgan fingerprint density at radius 2 is 2.08 bits per heavy atom. The van der Waals surface area contributed by atoms with Gasteiger partial charge in [-0.25, -0.2) is 0 Å². The molecule has 1 nitrogen and oxygen atoms in total. The number of halogens is 2. The number of fused-ring (bicyclic) bond motifs is 1. The predicted molar refractivity (Wildman–Crippen MR) is 52.2 cm³/mol. The third kappa shape index (κ3) is 1.28. The van der Waals surface area contributed by atoms with Gasteiger partial charge in [-0.1, -0.05) is 22.0 Å². The van der Waals surface area contributed by atoms with Gasteiger partial charge in [-0.15, -0.1) is 11.6 Å². The zero-order valence-electron chi connectivity index (χ0n) is 6.44. The van der Waals surface area contributed by atoms with Gasteiger partial charge in [0.2, 0.25) is 0 Å². The average Bonchev–Trinajstić information content (AvgIpc) is 2.54. The highest BCUT2D eigenvalue weighted by Gasteiger charge is 2.17. The quantitative estimate of drug-likeness (QED) is 0.693. The van der Waals surface area contributed by atoms with Crippen molar-refractivity contribution in [3.05, 3.63) is 33.3 Å². The van der Waals surface area contributed by atoms with E-state index in [1.165, 1.54) is 16.7 Å². The lowest BCUT2D eigenvalue weighted by Gasteiger charge is -2.04. The minimum atomic E-state index is 0.568. The number of hydrogen-bond donors (Lipinski definition) is 0. The summed E-state index contributed by atoms with van der Waals surface area (Å²) in [5.74, 6) is 0.568. The van der Waals surface area contributed by atoms with Crippen LogP contribution >= 0.6 is 27.5 Å². The highest BCUT2D eigenvalue weighted by Crippen LogP contribution is 2.30. The standard InChI is InChI=1S/C9H8BrClO/c10-9-2-1-6(3-11)7-4-12-5-8(7)9/h1-2H,3-5H2. The van der Waals surface area contributed by atoms with Crippen LogP contribution in [-0.2, 0) is 23.8 Å². The van der Waals surface area contributed by atoms with Crippen LogP contribution in [-0.4, -0.2) is 0 Å². The van der Waals surface area contributed by atoms with Crippen LogP contribution in [0.25, 0.3) is 0 Å². The first-order valence-electron chi connectivity index (χ1n) is 3.75. The van der Waals surface area contributed by atoms with Crippen molar-refractivity contribution in [1.82, 2.24) is 0 Å². The van der Waals surface area contributed by atoms with E-state index in [1.54, 1.807) is 0 Å². The average molecular weight is 248 g/mol. The highest BCUT2D eigenvalue weighted by molar-refractivity contribution is 9.10. The Morgan fingerprint density at radius 3 is 2.83 bits per heavy atom. The monoisotopic (exact) mass is 246 g/mol. The lowest BCUT2D eigenvalue weighted by Crippen LogP contribution is -1.90. The Balaban J connectivity index is 2.57. The molecule has 0 N–H and O–H groups in total. The van der Waals surface area contributed by atoms with Crippen molar-refractivity contribution in [3.8, 4) is 0 Å². The van der Waals surface area contributed by atoms with Gasteiger partial charge in [-0.05, 0) is 22.8 Å². The van der Waals surface area contributed by atoms with Crippen LogP contribution < -0.4 is 0 Å². The molecular weight excluding hydrogens is 239 g/mol. The molecule has 0 spiro atoms. The number of hydrogen-bond acceptors (Lipinski definition) is 1. The molecule has 0 amide bonds. The van der Waals surface area contributed by atoms with Crippen LogP contribution in [0.4, 0.5) is 0 Å². The van der Waals surface area contributed by atoms with Crippen molar-refractivity contribution in [2.45, 2.75) is 19.1 Å². The molecule has 1 aliphatic heterocycles. The van der Waals surface area contributed by atoms with Crippen molar-refractivity contribution in [1.29, 1.82) is 0 Å². The molecule has 1 heterocycles. The summed E-state index contributed by atoms with van der Waals surface area (Å²) in [6.45, 7) is 1.41. The Hall–Kier alpha value is -0.0500. The zero-order valence-corrected chi connectivity index (χ0v) is 8.78. The van der Waals surface area contributed by atoms with E-state index in [4.69, 9.17) is 16.3 Å². The van der Waals surface area contributed by atoms with E-state index in [-0.39, 0.29) is 0 Å². The highest BCUT2D eigenvalue weighted by atomic mass is 79.9. The fraction of sp³-hybridized carbons (Fsp3) is 0.333. The predicted octanol–water partition coefficient (Wildman–Crippen LogP) is 3.22. The van der Waals surface area contributed by atoms with Gasteiger partial charge in [-0.3, -0.25) is 0 Å². The summed E-state index contributed by atoms with van der Waals surface area (Å²) in [7, 11) is 0. The van der Waals surface area contributed by atoms with Crippen molar-refractivity contribution >= 4 is 27.5 Å². The second kappa shape index (κ2) is 3.36. The van der Waals surface area contributed by atoms with E-state index in [1.807, 2.05) is 12.1 Å². The lowest BCUT2D eigenvalue weighted by atomic mass is 10.1. The van der Waals surface area contributed by atoms with Crippen LogP contribution in [0.15, 0.2) is 16.6 Å². The number of rotatable bonds is 1. The minimum Gasteiger partial charge on any atom is -0.372 e. The molecule has 0 aliphatic carbocycles. The summed E-state index contributed by atoms with van der Waals surface area (Å²) in [5, 5.41) is 0. The van der Waals surface area contributed by atoms with Gasteiger partial charge in [0.05, 0.1) is 13.2 Å². The van der Waals surface area contributed by atoms with Crippen molar-refractivity contribution in [2.75, 3.05) is 0 Å². The Morgan fingerprint density at radius 1 is 1.33 bits per heavy atom. The molecule has 3 heteroatoms. The van der Waals surface area contributed by atoms with E-state index in [2.05, 4.69) is 15.9 Å². The molecule has 0 aromatic heterocycles. The second-order valence-electron chi connectivity index (χ2n) is 2.79. The maximum Gasteiger partial charge on any atom is 0.0736 e. The summed E-state index contributed by atoms with van der Waals surface area (Å²) in [6, 6.07) is 4.08. The molecule has 0 radical (unpaired) electrons. The largest absolute Gasteiger partial charge is 0.372 e. The number of benzene rings is 1. The normalized spacial score (nSPS) is 14.8. The zero-order chi connectivity index (χ0) is 8.55. The molecule has 0 atom stereocenters. The van der Waals surface area contributed by atoms with E-state index < -0.39 is 0 Å². The summed E-state index contributed by atoms with van der Waals surface area (Å²) in [4.78, 5) is 0. The van der Waals surface area contributed by atoms with Gasteiger partial charge < -0.3 is 4.74 Å².